The van der Waals surface area contributed by atoms with Crippen LogP contribution in [0.25, 0.3) is 28.3 Å². The van der Waals surface area contributed by atoms with Crippen LogP contribution in [0.4, 0.5) is 17.3 Å². The van der Waals surface area contributed by atoms with E-state index in [-0.39, 0.29) is 11.4 Å². The minimum atomic E-state index is -0.488. The maximum Gasteiger partial charge on any atom is 0.284 e. The fourth-order valence-corrected chi connectivity index (χ4v) is 4.59. The van der Waals surface area contributed by atoms with Crippen LogP contribution in [0, 0.1) is 6.92 Å². The van der Waals surface area contributed by atoms with Gasteiger partial charge in [-0.25, -0.2) is 19.6 Å². The van der Waals surface area contributed by atoms with E-state index < -0.39 is 11.5 Å². The van der Waals surface area contributed by atoms with Crippen LogP contribution in [-0.4, -0.2) is 57.5 Å². The van der Waals surface area contributed by atoms with E-state index in [0.29, 0.717) is 47.3 Å². The first-order valence-electron chi connectivity index (χ1n) is 13.3. The highest BCUT2D eigenvalue weighted by Crippen LogP contribution is 2.27. The lowest BCUT2D eigenvalue weighted by Crippen LogP contribution is -2.25. The van der Waals surface area contributed by atoms with E-state index in [1.807, 2.05) is 60.5 Å². The quantitative estimate of drug-likeness (QED) is 0.275. The lowest BCUT2D eigenvalue weighted by molar-refractivity contribution is 0.102. The standard InChI is InChI=1S/C31H32N8O3/c1-20-27(31(41)39(38(20)3)23-9-6-5-7-10-23)30(40)34-22-15-13-21(14-16-22)28-29(32)33-19-25(36-28)24-11-8-12-26(35-24)37(2)17-18-42-4/h5-16,19H,17-18H2,1-4H3,(H2,32,33)(H,34,40). The number of hydrogen-bond donors (Lipinski definition) is 2. The van der Waals surface area contributed by atoms with Crippen molar-refractivity contribution in [3.8, 4) is 28.3 Å². The predicted molar refractivity (Wildman–Crippen MR) is 164 cm³/mol. The van der Waals surface area contributed by atoms with Crippen molar-refractivity contribution >= 4 is 23.2 Å². The Labute approximate surface area is 243 Å². The molecule has 0 aliphatic carbocycles. The van der Waals surface area contributed by atoms with Crippen LogP contribution < -0.4 is 21.5 Å². The molecule has 1 amide bonds. The van der Waals surface area contributed by atoms with Crippen molar-refractivity contribution in [1.82, 2.24) is 24.3 Å². The maximum absolute atomic E-state index is 13.2. The van der Waals surface area contributed by atoms with Crippen molar-refractivity contribution in [1.29, 1.82) is 0 Å². The third-order valence-electron chi connectivity index (χ3n) is 7.02. The lowest BCUT2D eigenvalue weighted by Gasteiger charge is -2.18. The number of methoxy groups -OCH3 is 1. The first-order valence-corrected chi connectivity index (χ1v) is 13.3. The van der Waals surface area contributed by atoms with Crippen molar-refractivity contribution in [3.63, 3.8) is 0 Å². The number of amides is 1. The average Bonchev–Trinajstić information content (AvgIpc) is 3.24. The Morgan fingerprint density at radius 3 is 2.45 bits per heavy atom. The molecule has 0 aliphatic heterocycles. The molecule has 42 heavy (non-hydrogen) atoms. The van der Waals surface area contributed by atoms with Crippen LogP contribution >= 0.6 is 0 Å². The van der Waals surface area contributed by atoms with Gasteiger partial charge in [0, 0.05) is 39.0 Å². The molecule has 0 saturated carbocycles. The van der Waals surface area contributed by atoms with Gasteiger partial charge >= 0.3 is 0 Å². The zero-order valence-corrected chi connectivity index (χ0v) is 23.9. The Bertz CT molecular complexity index is 1780. The van der Waals surface area contributed by atoms with Gasteiger partial charge in [0.25, 0.3) is 11.5 Å². The number of likely N-dealkylation sites (N-methyl/N-ethyl adjacent to an activating group) is 1. The number of hydrogen-bond acceptors (Lipinski definition) is 8. The van der Waals surface area contributed by atoms with E-state index in [0.717, 1.165) is 11.4 Å². The van der Waals surface area contributed by atoms with E-state index >= 15 is 0 Å². The second kappa shape index (κ2) is 12.1. The van der Waals surface area contributed by atoms with Crippen LogP contribution in [0.2, 0.25) is 0 Å². The molecule has 0 radical (unpaired) electrons. The molecule has 5 rings (SSSR count). The Balaban J connectivity index is 1.37. The van der Waals surface area contributed by atoms with Crippen molar-refractivity contribution in [3.05, 3.63) is 101 Å². The van der Waals surface area contributed by atoms with Crippen molar-refractivity contribution < 1.29 is 9.53 Å². The molecular formula is C31H32N8O3. The smallest absolute Gasteiger partial charge is 0.284 e. The molecule has 0 unspecified atom stereocenters. The summed E-state index contributed by atoms with van der Waals surface area (Å²) in [5.74, 6) is 0.567. The number of aromatic nitrogens is 5. The fraction of sp³-hybridized carbons (Fsp3) is 0.194. The number of carbonyl (C=O) groups is 1. The maximum atomic E-state index is 13.2. The van der Waals surface area contributed by atoms with Crippen molar-refractivity contribution in [2.24, 2.45) is 7.05 Å². The predicted octanol–water partition coefficient (Wildman–Crippen LogP) is 3.92. The number of nitrogens with one attached hydrogen (secondary N) is 1. The molecule has 0 bridgehead atoms. The molecule has 0 atom stereocenters. The summed E-state index contributed by atoms with van der Waals surface area (Å²) in [6.45, 7) is 3.03. The Morgan fingerprint density at radius 1 is 1.00 bits per heavy atom. The Morgan fingerprint density at radius 2 is 1.74 bits per heavy atom. The Kier molecular flexibility index (Phi) is 8.12. The van der Waals surface area contributed by atoms with E-state index in [1.165, 1.54) is 4.68 Å². The number of carbonyl (C=O) groups excluding carboxylic acids is 1. The van der Waals surface area contributed by atoms with Crippen LogP contribution in [0.5, 0.6) is 0 Å². The van der Waals surface area contributed by atoms with Gasteiger partial charge in [-0.1, -0.05) is 36.4 Å². The number of nitrogens with zero attached hydrogens (tertiary/aromatic N) is 6. The van der Waals surface area contributed by atoms with Crippen LogP contribution in [0.15, 0.2) is 83.8 Å². The molecule has 11 heteroatoms. The third kappa shape index (κ3) is 5.63. The first kappa shape index (κ1) is 28.2. The number of pyridine rings is 1. The monoisotopic (exact) mass is 564 g/mol. The van der Waals surface area contributed by atoms with Gasteiger partial charge < -0.3 is 20.7 Å². The summed E-state index contributed by atoms with van der Waals surface area (Å²) in [5.41, 5.74) is 10.1. The molecule has 0 spiro atoms. The van der Waals surface area contributed by atoms with Gasteiger partial charge in [-0.05, 0) is 43.3 Å². The minimum Gasteiger partial charge on any atom is -0.383 e. The first-order chi connectivity index (χ1) is 20.3. The summed E-state index contributed by atoms with van der Waals surface area (Å²) in [6.07, 6.45) is 1.60. The molecule has 5 aromatic rings. The van der Waals surface area contributed by atoms with Crippen molar-refractivity contribution in [2.75, 3.05) is 43.3 Å². The second-order valence-corrected chi connectivity index (χ2v) is 9.75. The van der Waals surface area contributed by atoms with Gasteiger partial charge in [-0.15, -0.1) is 0 Å². The highest BCUT2D eigenvalue weighted by atomic mass is 16.5. The van der Waals surface area contributed by atoms with Gasteiger partial charge in [0.1, 0.15) is 28.6 Å². The summed E-state index contributed by atoms with van der Waals surface area (Å²) in [5, 5.41) is 2.84. The van der Waals surface area contributed by atoms with Gasteiger partial charge in [-0.3, -0.25) is 14.3 Å². The molecule has 11 nitrogen and oxygen atoms in total. The summed E-state index contributed by atoms with van der Waals surface area (Å²) < 4.78 is 8.32. The molecule has 214 valence electrons. The number of rotatable bonds is 9. The van der Waals surface area contributed by atoms with E-state index in [1.54, 1.807) is 56.2 Å². The topological polar surface area (TPSA) is 133 Å². The number of para-hydroxylation sites is 1. The SMILES string of the molecule is COCCN(C)c1cccc(-c2cnc(N)c(-c3ccc(NC(=O)c4c(C)n(C)n(-c5ccccc5)c4=O)cc3)n2)n1. The van der Waals surface area contributed by atoms with E-state index in [4.69, 9.17) is 20.4 Å². The molecule has 0 fully saturated rings. The fourth-order valence-electron chi connectivity index (χ4n) is 4.59. The number of ether oxygens (including phenoxy) is 1. The van der Waals surface area contributed by atoms with Gasteiger partial charge in [0.2, 0.25) is 0 Å². The largest absolute Gasteiger partial charge is 0.383 e. The van der Waals surface area contributed by atoms with Gasteiger partial charge in [-0.2, -0.15) is 0 Å². The number of nitrogens with two attached hydrogens (primary N) is 1. The van der Waals surface area contributed by atoms with E-state index in [9.17, 15) is 9.59 Å². The molecule has 3 heterocycles. The second-order valence-electron chi connectivity index (χ2n) is 9.75. The number of anilines is 3. The Hall–Kier alpha value is -5.29. The molecule has 2 aromatic carbocycles. The highest BCUT2D eigenvalue weighted by molar-refractivity contribution is 6.05. The zero-order valence-electron chi connectivity index (χ0n) is 23.9. The molecular weight excluding hydrogens is 532 g/mol. The van der Waals surface area contributed by atoms with Gasteiger partial charge in [0.05, 0.1) is 29.9 Å². The molecule has 0 aliphatic rings. The summed E-state index contributed by atoms with van der Waals surface area (Å²) >= 11 is 0. The van der Waals surface area contributed by atoms with Gasteiger partial charge in [0.15, 0.2) is 0 Å². The van der Waals surface area contributed by atoms with E-state index in [2.05, 4.69) is 10.3 Å². The normalized spacial score (nSPS) is 11.0. The summed E-state index contributed by atoms with van der Waals surface area (Å²) in [4.78, 5) is 42.2. The van der Waals surface area contributed by atoms with Crippen LogP contribution in [0.1, 0.15) is 16.1 Å². The van der Waals surface area contributed by atoms with Crippen LogP contribution in [0.3, 0.4) is 0 Å². The van der Waals surface area contributed by atoms with Crippen LogP contribution in [-0.2, 0) is 11.8 Å². The average molecular weight is 565 g/mol. The minimum absolute atomic E-state index is 0.0795. The molecule has 0 saturated heterocycles. The third-order valence-corrected chi connectivity index (χ3v) is 7.02. The highest BCUT2D eigenvalue weighted by Gasteiger charge is 2.22. The lowest BCUT2D eigenvalue weighted by atomic mass is 10.1. The van der Waals surface area contributed by atoms with Crippen molar-refractivity contribution in [2.45, 2.75) is 6.92 Å². The zero-order chi connectivity index (χ0) is 29.8. The summed E-state index contributed by atoms with van der Waals surface area (Å²) in [7, 11) is 5.36. The molecule has 3 N–H and O–H groups in total. The number of nitrogen functional groups attached to an aromatic ring is 1. The molecule has 3 aromatic heterocycles. The number of benzene rings is 2. The summed E-state index contributed by atoms with van der Waals surface area (Å²) in [6, 6.07) is 22.0.